The van der Waals surface area contributed by atoms with Gasteiger partial charge in [0.2, 0.25) is 0 Å². The molecule has 4 heteroatoms. The molecule has 0 saturated heterocycles. The summed E-state index contributed by atoms with van der Waals surface area (Å²) in [6, 6.07) is 13.7. The first kappa shape index (κ1) is 15.2. The highest BCUT2D eigenvalue weighted by Gasteiger charge is 2.09. The van der Waals surface area contributed by atoms with E-state index in [9.17, 15) is 0 Å². The Balaban J connectivity index is 2.17. The van der Waals surface area contributed by atoms with Crippen molar-refractivity contribution in [3.05, 3.63) is 58.6 Å². The number of hydrogen-bond acceptors (Lipinski definition) is 3. The summed E-state index contributed by atoms with van der Waals surface area (Å²) < 4.78 is 5.90. The Bertz CT molecular complexity index is 574. The van der Waals surface area contributed by atoms with Crippen LogP contribution in [0.15, 0.2) is 47.4 Å². The second-order valence-electron chi connectivity index (χ2n) is 4.25. The number of nitrogens with two attached hydrogens (primary N) is 1. The minimum Gasteiger partial charge on any atom is -0.488 e. The summed E-state index contributed by atoms with van der Waals surface area (Å²) in [5.74, 6) is 1.85. The van der Waals surface area contributed by atoms with E-state index in [-0.39, 0.29) is 0 Å². The third kappa shape index (κ3) is 3.69. The van der Waals surface area contributed by atoms with Gasteiger partial charge in [0, 0.05) is 27.6 Å². The zero-order valence-corrected chi connectivity index (χ0v) is 13.0. The van der Waals surface area contributed by atoms with Gasteiger partial charge in [-0.05, 0) is 24.0 Å². The molecule has 0 aliphatic carbocycles. The van der Waals surface area contributed by atoms with Gasteiger partial charge in [0.1, 0.15) is 12.4 Å². The monoisotopic (exact) mass is 307 g/mol. The molecule has 2 N–H and O–H groups in total. The number of rotatable bonds is 6. The quantitative estimate of drug-likeness (QED) is 0.799. The topological polar surface area (TPSA) is 35.2 Å². The summed E-state index contributed by atoms with van der Waals surface area (Å²) in [5, 5.41) is 0.723. The maximum atomic E-state index is 6.14. The molecule has 2 aromatic carbocycles. The molecule has 0 heterocycles. The van der Waals surface area contributed by atoms with E-state index in [2.05, 4.69) is 13.0 Å². The van der Waals surface area contributed by atoms with Gasteiger partial charge in [-0.25, -0.2) is 0 Å². The van der Waals surface area contributed by atoms with E-state index in [0.29, 0.717) is 13.2 Å². The van der Waals surface area contributed by atoms with Crippen LogP contribution in [-0.2, 0) is 13.2 Å². The summed E-state index contributed by atoms with van der Waals surface area (Å²) in [7, 11) is 0. The summed E-state index contributed by atoms with van der Waals surface area (Å²) in [4.78, 5) is 1.19. The number of halogens is 1. The van der Waals surface area contributed by atoms with Crippen LogP contribution in [0, 0.1) is 0 Å². The number of ether oxygens (including phenoxy) is 1. The van der Waals surface area contributed by atoms with Crippen molar-refractivity contribution in [1.29, 1.82) is 0 Å². The molecule has 0 aliphatic heterocycles. The van der Waals surface area contributed by atoms with Crippen LogP contribution in [0.4, 0.5) is 0 Å². The zero-order valence-electron chi connectivity index (χ0n) is 11.4. The summed E-state index contributed by atoms with van der Waals surface area (Å²) in [5.41, 5.74) is 7.90. The largest absolute Gasteiger partial charge is 0.488 e. The van der Waals surface area contributed by atoms with Crippen molar-refractivity contribution >= 4 is 23.4 Å². The van der Waals surface area contributed by atoms with E-state index in [1.54, 1.807) is 11.8 Å². The standard InChI is InChI=1S/C16H18ClNOS/c1-2-20-16-9-5-8-15(13(16)10-18)19-11-12-6-3-4-7-14(12)17/h3-9H,2,10-11,18H2,1H3. The maximum absolute atomic E-state index is 6.14. The minimum absolute atomic E-state index is 0.451. The van der Waals surface area contributed by atoms with Crippen molar-refractivity contribution in [1.82, 2.24) is 0 Å². The molecule has 0 fully saturated rings. The fraction of sp³-hybridized carbons (Fsp3) is 0.250. The van der Waals surface area contributed by atoms with Crippen LogP contribution >= 0.6 is 23.4 Å². The Morgan fingerprint density at radius 1 is 1.15 bits per heavy atom. The zero-order chi connectivity index (χ0) is 14.4. The summed E-state index contributed by atoms with van der Waals surface area (Å²) >= 11 is 7.92. The van der Waals surface area contributed by atoms with Crippen LogP contribution in [-0.4, -0.2) is 5.75 Å². The van der Waals surface area contributed by atoms with Gasteiger partial charge in [0.25, 0.3) is 0 Å². The van der Waals surface area contributed by atoms with Crippen molar-refractivity contribution in [3.8, 4) is 5.75 Å². The van der Waals surface area contributed by atoms with E-state index in [1.165, 1.54) is 4.90 Å². The molecule has 0 bridgehead atoms. The highest BCUT2D eigenvalue weighted by Crippen LogP contribution is 2.30. The normalized spacial score (nSPS) is 10.6. The highest BCUT2D eigenvalue weighted by atomic mass is 35.5. The highest BCUT2D eigenvalue weighted by molar-refractivity contribution is 7.99. The van der Waals surface area contributed by atoms with Crippen LogP contribution in [0.2, 0.25) is 5.02 Å². The van der Waals surface area contributed by atoms with Crippen molar-refractivity contribution < 1.29 is 4.74 Å². The molecule has 0 atom stereocenters. The number of hydrogen-bond donors (Lipinski definition) is 1. The van der Waals surface area contributed by atoms with Crippen molar-refractivity contribution in [2.45, 2.75) is 25.0 Å². The predicted octanol–water partition coefficient (Wildman–Crippen LogP) is 4.49. The first-order valence-electron chi connectivity index (χ1n) is 6.57. The molecule has 2 nitrogen and oxygen atoms in total. The van der Waals surface area contributed by atoms with Crippen LogP contribution in [0.1, 0.15) is 18.1 Å². The molecule has 0 aromatic heterocycles. The molecule has 20 heavy (non-hydrogen) atoms. The van der Waals surface area contributed by atoms with Gasteiger partial charge in [0.15, 0.2) is 0 Å². The lowest BCUT2D eigenvalue weighted by atomic mass is 10.2. The molecule has 0 radical (unpaired) electrons. The smallest absolute Gasteiger partial charge is 0.125 e. The molecule has 106 valence electrons. The minimum atomic E-state index is 0.451. The Kier molecular flexibility index (Phi) is 5.77. The van der Waals surface area contributed by atoms with Gasteiger partial charge >= 0.3 is 0 Å². The summed E-state index contributed by atoms with van der Waals surface area (Å²) in [6.45, 7) is 3.05. The van der Waals surface area contributed by atoms with Crippen LogP contribution in [0.25, 0.3) is 0 Å². The molecule has 2 rings (SSSR count). The fourth-order valence-electron chi connectivity index (χ4n) is 1.94. The molecular weight excluding hydrogens is 290 g/mol. The fourth-order valence-corrected chi connectivity index (χ4v) is 2.98. The molecule has 2 aromatic rings. The van der Waals surface area contributed by atoms with Gasteiger partial charge in [-0.15, -0.1) is 11.8 Å². The molecule has 0 spiro atoms. The second kappa shape index (κ2) is 7.58. The van der Waals surface area contributed by atoms with Crippen LogP contribution < -0.4 is 10.5 Å². The molecule has 0 unspecified atom stereocenters. The van der Waals surface area contributed by atoms with Crippen molar-refractivity contribution in [3.63, 3.8) is 0 Å². The van der Waals surface area contributed by atoms with E-state index < -0.39 is 0 Å². The number of thioether (sulfide) groups is 1. The second-order valence-corrected chi connectivity index (χ2v) is 5.96. The van der Waals surface area contributed by atoms with Gasteiger partial charge in [0.05, 0.1) is 0 Å². The van der Waals surface area contributed by atoms with Crippen LogP contribution in [0.3, 0.4) is 0 Å². The first-order chi connectivity index (χ1) is 9.76. The molecule has 0 saturated carbocycles. The van der Waals surface area contributed by atoms with Crippen molar-refractivity contribution in [2.24, 2.45) is 5.73 Å². The van der Waals surface area contributed by atoms with Crippen molar-refractivity contribution in [2.75, 3.05) is 5.75 Å². The lowest BCUT2D eigenvalue weighted by molar-refractivity contribution is 0.302. The van der Waals surface area contributed by atoms with Gasteiger partial charge in [-0.2, -0.15) is 0 Å². The third-order valence-electron chi connectivity index (χ3n) is 2.94. The van der Waals surface area contributed by atoms with Crippen LogP contribution in [0.5, 0.6) is 5.75 Å². The third-order valence-corrected chi connectivity index (χ3v) is 4.29. The Morgan fingerprint density at radius 3 is 2.65 bits per heavy atom. The van der Waals surface area contributed by atoms with E-state index in [4.69, 9.17) is 22.1 Å². The summed E-state index contributed by atoms with van der Waals surface area (Å²) in [6.07, 6.45) is 0. The maximum Gasteiger partial charge on any atom is 0.125 e. The Hall–Kier alpha value is -1.16. The van der Waals surface area contributed by atoms with E-state index in [0.717, 1.165) is 27.7 Å². The van der Waals surface area contributed by atoms with Gasteiger partial charge in [-0.3, -0.25) is 0 Å². The lowest BCUT2D eigenvalue weighted by Gasteiger charge is -2.14. The van der Waals surface area contributed by atoms with E-state index in [1.807, 2.05) is 36.4 Å². The first-order valence-corrected chi connectivity index (χ1v) is 7.93. The lowest BCUT2D eigenvalue weighted by Crippen LogP contribution is -2.04. The Labute approximate surface area is 129 Å². The van der Waals surface area contributed by atoms with Gasteiger partial charge in [-0.1, -0.05) is 42.8 Å². The average Bonchev–Trinajstić information content (AvgIpc) is 2.47. The van der Waals surface area contributed by atoms with E-state index >= 15 is 0 Å². The Morgan fingerprint density at radius 2 is 1.95 bits per heavy atom. The molecule has 0 aliphatic rings. The average molecular weight is 308 g/mol. The van der Waals surface area contributed by atoms with Gasteiger partial charge < -0.3 is 10.5 Å². The molecule has 0 amide bonds. The number of benzene rings is 2. The SMILES string of the molecule is CCSc1cccc(OCc2ccccc2Cl)c1CN. The predicted molar refractivity (Wildman–Crippen MR) is 86.5 cm³/mol. The molecular formula is C16H18ClNOS.